The van der Waals surface area contributed by atoms with Crippen molar-refractivity contribution in [1.82, 2.24) is 20.2 Å². The number of aromatic nitrogens is 2. The van der Waals surface area contributed by atoms with Crippen molar-refractivity contribution in [3.05, 3.63) is 161 Å². The zero-order chi connectivity index (χ0) is 33.7. The van der Waals surface area contributed by atoms with Gasteiger partial charge in [0.15, 0.2) is 6.04 Å². The summed E-state index contributed by atoms with van der Waals surface area (Å²) in [6.45, 7) is 5.71. The Hall–Kier alpha value is -5.25. The summed E-state index contributed by atoms with van der Waals surface area (Å²) in [6.07, 6.45) is 1.29. The van der Waals surface area contributed by atoms with Gasteiger partial charge in [-0.1, -0.05) is 121 Å². The summed E-state index contributed by atoms with van der Waals surface area (Å²) in [5.41, 5.74) is 6.37. The van der Waals surface area contributed by atoms with Crippen LogP contribution in [0.5, 0.6) is 0 Å². The number of benzene rings is 4. The maximum absolute atomic E-state index is 13.8. The van der Waals surface area contributed by atoms with E-state index in [4.69, 9.17) is 19.4 Å². The highest BCUT2D eigenvalue weighted by atomic mass is 16.6. The molecule has 0 saturated carbocycles. The molecule has 2 heterocycles. The minimum atomic E-state index is -1.16. The molecule has 2 atom stereocenters. The van der Waals surface area contributed by atoms with Gasteiger partial charge in [0, 0.05) is 18.3 Å². The van der Waals surface area contributed by atoms with Crippen molar-refractivity contribution in [3.8, 4) is 0 Å². The molecule has 0 spiro atoms. The minimum absolute atomic E-state index is 0.0666. The first-order valence-electron chi connectivity index (χ1n) is 16.0. The highest BCUT2D eigenvalue weighted by molar-refractivity contribution is 5.83. The zero-order valence-corrected chi connectivity index (χ0v) is 27.6. The fraction of sp³-hybridized carbons (Fsp3) is 0.256. The van der Waals surface area contributed by atoms with Crippen LogP contribution in [0.25, 0.3) is 0 Å². The highest BCUT2D eigenvalue weighted by Gasteiger charge is 2.47. The van der Waals surface area contributed by atoms with Crippen LogP contribution in [0.3, 0.4) is 0 Å². The standard InChI is InChI=1S/C39H40N4O5/c1-38(2,3)48-37(45)42-26-33(41-47-27-28-17-9-5-10-18-28)32-25-43(40-34(32)35(42)36(44)46-4)39(29-19-11-6-12-20-29,30-21-13-7-14-22-30)31-23-15-8-16-24-31/h5-25,33,35,41H,26-27H2,1-4H3. The van der Waals surface area contributed by atoms with Crippen molar-refractivity contribution in [3.63, 3.8) is 0 Å². The summed E-state index contributed by atoms with van der Waals surface area (Å²) in [4.78, 5) is 34.8. The quantitative estimate of drug-likeness (QED) is 0.105. The molecular weight excluding hydrogens is 604 g/mol. The molecule has 0 saturated heterocycles. The average Bonchev–Trinajstić information content (AvgIpc) is 3.55. The monoisotopic (exact) mass is 644 g/mol. The molecule has 9 nitrogen and oxygen atoms in total. The molecule has 246 valence electrons. The molecule has 5 aromatic rings. The maximum atomic E-state index is 13.8. The fourth-order valence-corrected chi connectivity index (χ4v) is 6.29. The summed E-state index contributed by atoms with van der Waals surface area (Å²) < 4.78 is 13.0. The molecule has 4 aromatic carbocycles. The van der Waals surface area contributed by atoms with E-state index in [1.165, 1.54) is 12.0 Å². The number of amides is 1. The predicted octanol–water partition coefficient (Wildman–Crippen LogP) is 6.95. The lowest BCUT2D eigenvalue weighted by molar-refractivity contribution is -0.148. The number of hydroxylamine groups is 1. The molecule has 1 aromatic heterocycles. The Labute approximate surface area is 281 Å². The lowest BCUT2D eigenvalue weighted by atomic mass is 9.77. The molecule has 0 aliphatic carbocycles. The van der Waals surface area contributed by atoms with E-state index in [2.05, 4.69) is 41.9 Å². The predicted molar refractivity (Wildman–Crippen MR) is 182 cm³/mol. The number of methoxy groups -OCH3 is 1. The van der Waals surface area contributed by atoms with Crippen molar-refractivity contribution in [2.24, 2.45) is 0 Å². The van der Waals surface area contributed by atoms with Crippen LogP contribution in [0.15, 0.2) is 128 Å². The Morgan fingerprint density at radius 2 is 1.29 bits per heavy atom. The molecule has 48 heavy (non-hydrogen) atoms. The molecule has 0 radical (unpaired) electrons. The number of nitrogens with zero attached hydrogens (tertiary/aromatic N) is 3. The van der Waals surface area contributed by atoms with Crippen LogP contribution in [0, 0.1) is 0 Å². The number of fused-ring (bicyclic) bond motifs is 1. The van der Waals surface area contributed by atoms with Gasteiger partial charge < -0.3 is 9.47 Å². The third-order valence-corrected chi connectivity index (χ3v) is 8.38. The number of nitrogens with one attached hydrogen (secondary N) is 1. The van der Waals surface area contributed by atoms with E-state index in [9.17, 15) is 9.59 Å². The second kappa shape index (κ2) is 13.9. The van der Waals surface area contributed by atoms with Gasteiger partial charge in [0.25, 0.3) is 0 Å². The smallest absolute Gasteiger partial charge is 0.411 e. The van der Waals surface area contributed by atoms with Crippen molar-refractivity contribution in [2.45, 2.75) is 50.6 Å². The fourth-order valence-electron chi connectivity index (χ4n) is 6.29. The zero-order valence-electron chi connectivity index (χ0n) is 27.6. The van der Waals surface area contributed by atoms with Crippen molar-refractivity contribution in [1.29, 1.82) is 0 Å². The van der Waals surface area contributed by atoms with Crippen LogP contribution in [0.2, 0.25) is 0 Å². The first-order chi connectivity index (χ1) is 23.2. The van der Waals surface area contributed by atoms with Gasteiger partial charge in [-0.25, -0.2) is 9.59 Å². The third-order valence-electron chi connectivity index (χ3n) is 8.38. The second-order valence-corrected chi connectivity index (χ2v) is 12.7. The van der Waals surface area contributed by atoms with Crippen molar-refractivity contribution in [2.75, 3.05) is 13.7 Å². The number of rotatable bonds is 9. The average molecular weight is 645 g/mol. The van der Waals surface area contributed by atoms with Crippen LogP contribution < -0.4 is 5.48 Å². The van der Waals surface area contributed by atoms with E-state index in [-0.39, 0.29) is 13.2 Å². The summed E-state index contributed by atoms with van der Waals surface area (Å²) in [5, 5.41) is 5.22. The van der Waals surface area contributed by atoms with E-state index in [0.29, 0.717) is 11.3 Å². The second-order valence-electron chi connectivity index (χ2n) is 12.7. The van der Waals surface area contributed by atoms with Crippen LogP contribution in [-0.4, -0.2) is 46.0 Å². The Kier molecular flexibility index (Phi) is 9.43. The molecule has 1 amide bonds. The van der Waals surface area contributed by atoms with Crippen molar-refractivity contribution < 1.29 is 23.9 Å². The molecule has 1 aliphatic heterocycles. The van der Waals surface area contributed by atoms with Crippen molar-refractivity contribution >= 4 is 12.1 Å². The van der Waals surface area contributed by atoms with E-state index in [1.807, 2.05) is 95.8 Å². The van der Waals surface area contributed by atoms with E-state index in [1.54, 1.807) is 20.8 Å². The molecule has 1 aliphatic rings. The summed E-state index contributed by atoms with van der Waals surface area (Å²) in [7, 11) is 1.31. The summed E-state index contributed by atoms with van der Waals surface area (Å²) >= 11 is 0. The van der Waals surface area contributed by atoms with Crippen LogP contribution in [0.1, 0.15) is 66.4 Å². The van der Waals surface area contributed by atoms with Gasteiger partial charge in [-0.05, 0) is 43.0 Å². The number of ether oxygens (including phenoxy) is 2. The first kappa shape index (κ1) is 32.7. The number of carbonyl (C=O) groups excluding carboxylic acids is 2. The Bertz CT molecular complexity index is 1730. The van der Waals surface area contributed by atoms with Gasteiger partial charge in [0.05, 0.1) is 19.8 Å². The lowest BCUT2D eigenvalue weighted by Gasteiger charge is -2.37. The van der Waals surface area contributed by atoms with Gasteiger partial charge in [0.2, 0.25) is 0 Å². The Balaban J connectivity index is 1.56. The van der Waals surface area contributed by atoms with E-state index < -0.39 is 35.3 Å². The number of hydrogen-bond acceptors (Lipinski definition) is 7. The highest BCUT2D eigenvalue weighted by Crippen LogP contribution is 2.44. The SMILES string of the molecule is COC(=O)C1c2nn(C(c3ccccc3)(c3ccccc3)c3ccccc3)cc2C(NOCc2ccccc2)CN1C(=O)OC(C)(C)C. The number of hydrogen-bond donors (Lipinski definition) is 1. The lowest BCUT2D eigenvalue weighted by Crippen LogP contribution is -2.49. The maximum Gasteiger partial charge on any atom is 0.411 e. The van der Waals surface area contributed by atoms with E-state index >= 15 is 0 Å². The largest absolute Gasteiger partial charge is 0.467 e. The Morgan fingerprint density at radius 1 is 0.792 bits per heavy atom. The number of esters is 1. The van der Waals surface area contributed by atoms with Crippen LogP contribution in [0.4, 0.5) is 4.79 Å². The topological polar surface area (TPSA) is 94.9 Å². The normalized spacial score (nSPS) is 16.2. The van der Waals surface area contributed by atoms with Gasteiger partial charge in [-0.2, -0.15) is 10.6 Å². The molecular formula is C39H40N4O5. The number of carbonyl (C=O) groups is 2. The first-order valence-corrected chi connectivity index (χ1v) is 16.0. The minimum Gasteiger partial charge on any atom is -0.467 e. The van der Waals surface area contributed by atoms with E-state index in [0.717, 1.165) is 22.3 Å². The molecule has 1 N–H and O–H groups in total. The molecule has 2 unspecified atom stereocenters. The van der Waals surface area contributed by atoms with Crippen LogP contribution in [-0.2, 0) is 31.3 Å². The van der Waals surface area contributed by atoms with Gasteiger partial charge in [-0.3, -0.25) is 14.4 Å². The Morgan fingerprint density at radius 3 is 1.77 bits per heavy atom. The van der Waals surface area contributed by atoms with Gasteiger partial charge >= 0.3 is 12.1 Å². The summed E-state index contributed by atoms with van der Waals surface area (Å²) in [5.74, 6) is -0.624. The van der Waals surface area contributed by atoms with Crippen LogP contribution >= 0.6 is 0 Å². The van der Waals surface area contributed by atoms with Gasteiger partial charge in [0.1, 0.15) is 16.8 Å². The summed E-state index contributed by atoms with van der Waals surface area (Å²) in [6, 6.07) is 38.5. The molecule has 9 heteroatoms. The third kappa shape index (κ3) is 6.47. The van der Waals surface area contributed by atoms with Gasteiger partial charge in [-0.15, -0.1) is 0 Å². The molecule has 6 rings (SSSR count). The molecule has 0 fully saturated rings. The molecule has 0 bridgehead atoms.